The van der Waals surface area contributed by atoms with Crippen LogP contribution in [0.15, 0.2) is 4.99 Å². The maximum Gasteiger partial charge on any atom is 0.407 e. The highest BCUT2D eigenvalue weighted by Crippen LogP contribution is 2.18. The van der Waals surface area contributed by atoms with E-state index in [9.17, 15) is 4.79 Å². The number of aliphatic imine (C=N–C) groups is 1. The maximum atomic E-state index is 11.8. The molecule has 0 radical (unpaired) electrons. The molecule has 1 aliphatic carbocycles. The molecule has 6 nitrogen and oxygen atoms in total. The molecule has 0 bridgehead atoms. The van der Waals surface area contributed by atoms with E-state index in [1.165, 1.54) is 12.8 Å². The molecular weight excluding hydrogens is 395 g/mol. The molecule has 1 unspecified atom stereocenters. The molecule has 1 saturated carbocycles. The zero-order valence-electron chi connectivity index (χ0n) is 14.4. The maximum absolute atomic E-state index is 11.8. The summed E-state index contributed by atoms with van der Waals surface area (Å²) in [5, 5.41) is 9.50. The van der Waals surface area contributed by atoms with Crippen molar-refractivity contribution in [2.24, 2.45) is 4.99 Å². The first-order valence-electron chi connectivity index (χ1n) is 7.80. The molecule has 1 rings (SSSR count). The Hall–Kier alpha value is -0.730. The van der Waals surface area contributed by atoms with Crippen LogP contribution in [0.1, 0.15) is 53.4 Å². The fourth-order valence-electron chi connectivity index (χ4n) is 1.88. The van der Waals surface area contributed by atoms with Crippen molar-refractivity contribution in [3.8, 4) is 0 Å². The van der Waals surface area contributed by atoms with E-state index in [-0.39, 0.29) is 36.1 Å². The highest BCUT2D eigenvalue weighted by molar-refractivity contribution is 14.0. The molecule has 1 aliphatic rings. The Balaban J connectivity index is 0.00000441. The number of carbonyl (C=O) groups excluding carboxylic acids is 1. The Bertz CT molecular complexity index is 365. The van der Waals surface area contributed by atoms with Crippen LogP contribution in [0.3, 0.4) is 0 Å². The fourth-order valence-corrected chi connectivity index (χ4v) is 1.88. The second-order valence-electron chi connectivity index (χ2n) is 6.50. The molecular formula is C15H31IN4O2. The van der Waals surface area contributed by atoms with Gasteiger partial charge in [-0.15, -0.1) is 24.0 Å². The van der Waals surface area contributed by atoms with E-state index >= 15 is 0 Å². The van der Waals surface area contributed by atoms with Crippen molar-refractivity contribution in [2.75, 3.05) is 13.6 Å². The zero-order valence-corrected chi connectivity index (χ0v) is 16.7. The highest BCUT2D eigenvalue weighted by atomic mass is 127. The normalized spacial score (nSPS) is 16.3. The summed E-state index contributed by atoms with van der Waals surface area (Å²) in [7, 11) is 1.76. The molecule has 1 fully saturated rings. The second kappa shape index (κ2) is 10.1. The number of amides is 1. The van der Waals surface area contributed by atoms with Crippen molar-refractivity contribution in [1.82, 2.24) is 16.0 Å². The van der Waals surface area contributed by atoms with Gasteiger partial charge in [0.2, 0.25) is 0 Å². The van der Waals surface area contributed by atoms with Gasteiger partial charge in [0.25, 0.3) is 0 Å². The third-order valence-corrected chi connectivity index (χ3v) is 3.02. The van der Waals surface area contributed by atoms with Crippen LogP contribution >= 0.6 is 24.0 Å². The second-order valence-corrected chi connectivity index (χ2v) is 6.50. The molecule has 3 N–H and O–H groups in total. The van der Waals surface area contributed by atoms with Crippen molar-refractivity contribution in [3.05, 3.63) is 0 Å². The van der Waals surface area contributed by atoms with Crippen molar-refractivity contribution in [3.63, 3.8) is 0 Å². The van der Waals surface area contributed by atoms with Gasteiger partial charge in [0.15, 0.2) is 5.96 Å². The summed E-state index contributed by atoms with van der Waals surface area (Å²) < 4.78 is 5.30. The lowest BCUT2D eigenvalue weighted by molar-refractivity contribution is 0.0502. The molecule has 0 saturated heterocycles. The number of nitrogens with one attached hydrogen (secondary N) is 3. The molecule has 7 heteroatoms. The van der Waals surface area contributed by atoms with Gasteiger partial charge in [-0.05, 0) is 40.0 Å². The molecule has 0 aromatic carbocycles. The van der Waals surface area contributed by atoms with Crippen molar-refractivity contribution in [2.45, 2.75) is 71.1 Å². The summed E-state index contributed by atoms with van der Waals surface area (Å²) in [4.78, 5) is 16.0. The third kappa shape index (κ3) is 10.1. The lowest BCUT2D eigenvalue weighted by Gasteiger charge is -2.24. The summed E-state index contributed by atoms with van der Waals surface area (Å²) in [6, 6.07) is 0.585. The number of nitrogens with zero attached hydrogens (tertiary/aromatic N) is 1. The van der Waals surface area contributed by atoms with Gasteiger partial charge in [0.05, 0.1) is 0 Å². The van der Waals surface area contributed by atoms with Gasteiger partial charge in [-0.1, -0.05) is 13.3 Å². The molecule has 0 heterocycles. The van der Waals surface area contributed by atoms with E-state index in [1.54, 1.807) is 7.05 Å². The topological polar surface area (TPSA) is 74.8 Å². The quantitative estimate of drug-likeness (QED) is 0.347. The average Bonchev–Trinajstić information content (AvgIpc) is 3.15. The smallest absolute Gasteiger partial charge is 0.407 e. The Morgan fingerprint density at radius 2 is 2.00 bits per heavy atom. The van der Waals surface area contributed by atoms with Gasteiger partial charge >= 0.3 is 6.09 Å². The van der Waals surface area contributed by atoms with Gasteiger partial charge in [0.1, 0.15) is 5.60 Å². The summed E-state index contributed by atoms with van der Waals surface area (Å²) in [5.74, 6) is 0.796. The Morgan fingerprint density at radius 3 is 2.45 bits per heavy atom. The number of rotatable bonds is 6. The first-order valence-corrected chi connectivity index (χ1v) is 7.80. The van der Waals surface area contributed by atoms with Crippen LogP contribution in [-0.2, 0) is 4.74 Å². The van der Waals surface area contributed by atoms with Crippen LogP contribution in [0, 0.1) is 0 Å². The Morgan fingerprint density at radius 1 is 1.36 bits per heavy atom. The third-order valence-electron chi connectivity index (χ3n) is 3.02. The predicted octanol–water partition coefficient (Wildman–Crippen LogP) is 2.63. The number of hydrogen-bond donors (Lipinski definition) is 3. The van der Waals surface area contributed by atoms with Gasteiger partial charge in [-0.3, -0.25) is 4.99 Å². The first-order chi connectivity index (χ1) is 9.84. The van der Waals surface area contributed by atoms with Crippen LogP contribution < -0.4 is 16.0 Å². The number of guanidine groups is 1. The Kier molecular flexibility index (Phi) is 9.79. The Labute approximate surface area is 151 Å². The van der Waals surface area contributed by atoms with E-state index in [2.05, 4.69) is 27.9 Å². The van der Waals surface area contributed by atoms with Gasteiger partial charge < -0.3 is 20.7 Å². The molecule has 1 amide bonds. The minimum Gasteiger partial charge on any atom is -0.444 e. The largest absolute Gasteiger partial charge is 0.444 e. The molecule has 0 aromatic rings. The summed E-state index contributed by atoms with van der Waals surface area (Å²) in [6.07, 6.45) is 3.93. The van der Waals surface area contributed by atoms with Crippen molar-refractivity contribution >= 4 is 36.0 Å². The van der Waals surface area contributed by atoms with Crippen LogP contribution in [0.4, 0.5) is 4.79 Å². The summed E-state index contributed by atoms with van der Waals surface area (Å²) >= 11 is 0. The lowest BCUT2D eigenvalue weighted by atomic mass is 10.1. The van der Waals surface area contributed by atoms with Crippen LogP contribution in [0.25, 0.3) is 0 Å². The molecule has 22 heavy (non-hydrogen) atoms. The van der Waals surface area contributed by atoms with Crippen LogP contribution in [-0.4, -0.2) is 43.3 Å². The fraction of sp³-hybridized carbons (Fsp3) is 0.867. The number of alkyl carbamates (subject to hydrolysis) is 1. The monoisotopic (exact) mass is 426 g/mol. The van der Waals surface area contributed by atoms with E-state index in [0.29, 0.717) is 12.6 Å². The summed E-state index contributed by atoms with van der Waals surface area (Å²) in [5.41, 5.74) is -0.474. The van der Waals surface area contributed by atoms with Gasteiger partial charge in [-0.25, -0.2) is 4.79 Å². The number of ether oxygens (including phenoxy) is 1. The van der Waals surface area contributed by atoms with E-state index in [0.717, 1.165) is 18.8 Å². The number of hydrogen-bond acceptors (Lipinski definition) is 3. The van der Waals surface area contributed by atoms with E-state index in [4.69, 9.17) is 4.74 Å². The lowest BCUT2D eigenvalue weighted by Crippen LogP contribution is -2.48. The SMILES string of the molecule is CCCC(CNC(=NC)NC1CC1)NC(=O)OC(C)(C)C.I. The highest BCUT2D eigenvalue weighted by Gasteiger charge is 2.23. The number of carbonyl (C=O) groups is 1. The molecule has 1 atom stereocenters. The predicted molar refractivity (Wildman–Crippen MR) is 101 cm³/mol. The van der Waals surface area contributed by atoms with Gasteiger partial charge in [0, 0.05) is 25.7 Å². The molecule has 130 valence electrons. The van der Waals surface area contributed by atoms with Crippen molar-refractivity contribution < 1.29 is 9.53 Å². The van der Waals surface area contributed by atoms with Crippen LogP contribution in [0.5, 0.6) is 0 Å². The number of halogens is 1. The minimum absolute atomic E-state index is 0. The van der Waals surface area contributed by atoms with Gasteiger partial charge in [-0.2, -0.15) is 0 Å². The van der Waals surface area contributed by atoms with E-state index < -0.39 is 5.60 Å². The van der Waals surface area contributed by atoms with E-state index in [1.807, 2.05) is 20.8 Å². The first kappa shape index (κ1) is 21.3. The summed E-state index contributed by atoms with van der Waals surface area (Å²) in [6.45, 7) is 8.32. The van der Waals surface area contributed by atoms with Crippen LogP contribution in [0.2, 0.25) is 0 Å². The minimum atomic E-state index is -0.474. The standard InChI is InChI=1S/C15H30N4O2.HI/c1-6-7-12(19-14(20)21-15(2,3)4)10-17-13(16-5)18-11-8-9-11;/h11-12H,6-10H2,1-5H3,(H,19,20)(H2,16,17,18);1H. The molecule has 0 spiro atoms. The molecule has 0 aromatic heterocycles. The molecule has 0 aliphatic heterocycles. The average molecular weight is 426 g/mol. The zero-order chi connectivity index (χ0) is 15.9. The van der Waals surface area contributed by atoms with Crippen molar-refractivity contribution in [1.29, 1.82) is 0 Å².